The van der Waals surface area contributed by atoms with Gasteiger partial charge >= 0.3 is 0 Å². The molecule has 0 N–H and O–H groups in total. The van der Waals surface area contributed by atoms with Crippen LogP contribution >= 0.6 is 11.6 Å². The van der Waals surface area contributed by atoms with Crippen LogP contribution in [0, 0.1) is 6.92 Å². The zero-order valence-electron chi connectivity index (χ0n) is 15.9. The zero-order valence-corrected chi connectivity index (χ0v) is 17.4. The number of benzene rings is 2. The molecule has 0 bridgehead atoms. The van der Waals surface area contributed by atoms with Crippen LogP contribution in [-0.4, -0.2) is 22.8 Å². The van der Waals surface area contributed by atoms with Crippen molar-refractivity contribution >= 4 is 21.4 Å². The Morgan fingerprint density at radius 3 is 2.48 bits per heavy atom. The minimum absolute atomic E-state index is 0.105. The molecule has 4 aromatic rings. The van der Waals surface area contributed by atoms with Crippen molar-refractivity contribution in [2.75, 3.05) is 0 Å². The first-order valence-electron chi connectivity index (χ1n) is 9.21. The van der Waals surface area contributed by atoms with Crippen molar-refractivity contribution in [2.24, 2.45) is 0 Å². The number of hydrogen-bond acceptors (Lipinski definition) is 3. The molecule has 0 aliphatic carbocycles. The lowest BCUT2D eigenvalue weighted by Gasteiger charge is -2.09. The predicted molar refractivity (Wildman–Crippen MR) is 113 cm³/mol. The van der Waals surface area contributed by atoms with Crippen LogP contribution in [-0.2, 0) is 22.8 Å². The summed E-state index contributed by atoms with van der Waals surface area (Å²) < 4.78 is 29.6. The van der Waals surface area contributed by atoms with E-state index in [1.165, 1.54) is 11.6 Å². The summed E-state index contributed by atoms with van der Waals surface area (Å²) in [5.41, 5.74) is 2.10. The molecule has 7 heteroatoms. The number of hydrogen-bond donors (Lipinski definition) is 0. The predicted octanol–water partition coefficient (Wildman–Crippen LogP) is 4.71. The Morgan fingerprint density at radius 1 is 1.00 bits per heavy atom. The second-order valence-corrected chi connectivity index (χ2v) is 9.12. The van der Waals surface area contributed by atoms with E-state index in [4.69, 9.17) is 11.6 Å². The molecule has 0 aliphatic heterocycles. The molecule has 2 heterocycles. The first-order chi connectivity index (χ1) is 13.9. The third kappa shape index (κ3) is 3.99. The van der Waals surface area contributed by atoms with E-state index in [1.807, 2.05) is 35.9 Å². The van der Waals surface area contributed by atoms with Crippen LogP contribution in [0.25, 0.3) is 5.82 Å². The number of aromatic nitrogens is 3. The van der Waals surface area contributed by atoms with Crippen molar-refractivity contribution in [1.82, 2.24) is 14.3 Å². The molecule has 4 rings (SSSR count). The van der Waals surface area contributed by atoms with Gasteiger partial charge in [-0.2, -0.15) is 5.10 Å². The molecule has 0 unspecified atom stereocenters. The molecule has 2 aromatic carbocycles. The van der Waals surface area contributed by atoms with Gasteiger partial charge in [-0.1, -0.05) is 54.1 Å². The average Bonchev–Trinajstić information content (AvgIpc) is 3.34. The molecular weight excluding hydrogens is 406 g/mol. The van der Waals surface area contributed by atoms with E-state index in [0.717, 1.165) is 17.9 Å². The molecule has 0 radical (unpaired) electrons. The van der Waals surface area contributed by atoms with Crippen LogP contribution in [0.4, 0.5) is 0 Å². The fraction of sp³-hybridized carbons (Fsp3) is 0.136. The number of halogens is 1. The summed E-state index contributed by atoms with van der Waals surface area (Å²) in [4.78, 5) is 0.298. The van der Waals surface area contributed by atoms with Crippen molar-refractivity contribution in [2.45, 2.75) is 29.7 Å². The molecule has 0 saturated heterocycles. The molecule has 0 aliphatic rings. The fourth-order valence-corrected chi connectivity index (χ4v) is 5.02. The minimum atomic E-state index is -3.70. The van der Waals surface area contributed by atoms with E-state index in [-0.39, 0.29) is 14.8 Å². The van der Waals surface area contributed by atoms with E-state index in [9.17, 15) is 8.42 Å². The van der Waals surface area contributed by atoms with Crippen molar-refractivity contribution in [3.63, 3.8) is 0 Å². The van der Waals surface area contributed by atoms with Crippen molar-refractivity contribution in [1.29, 1.82) is 0 Å². The number of sulfone groups is 1. The van der Waals surface area contributed by atoms with Crippen LogP contribution in [0.1, 0.15) is 11.3 Å². The lowest BCUT2D eigenvalue weighted by atomic mass is 10.1. The first kappa shape index (κ1) is 19.5. The van der Waals surface area contributed by atoms with Crippen LogP contribution in [0.3, 0.4) is 0 Å². The van der Waals surface area contributed by atoms with Crippen LogP contribution in [0.2, 0.25) is 5.02 Å². The lowest BCUT2D eigenvalue weighted by molar-refractivity contribution is 0.591. The summed E-state index contributed by atoms with van der Waals surface area (Å²) in [6, 6.07) is 20.2. The highest BCUT2D eigenvalue weighted by Gasteiger charge is 2.22. The first-order valence-corrected chi connectivity index (χ1v) is 11.1. The highest BCUT2D eigenvalue weighted by Crippen LogP contribution is 2.28. The van der Waals surface area contributed by atoms with Crippen LogP contribution in [0.5, 0.6) is 0 Å². The summed E-state index contributed by atoms with van der Waals surface area (Å²) >= 11 is 6.11. The van der Waals surface area contributed by atoms with E-state index in [2.05, 4.69) is 17.2 Å². The maximum Gasteiger partial charge on any atom is 0.209 e. The Balaban J connectivity index is 1.64. The van der Waals surface area contributed by atoms with Gasteiger partial charge < -0.3 is 4.57 Å². The van der Waals surface area contributed by atoms with Crippen molar-refractivity contribution in [3.8, 4) is 5.82 Å². The largest absolute Gasteiger partial charge is 0.307 e. The summed E-state index contributed by atoms with van der Waals surface area (Å²) in [7, 11) is -3.70. The Hall–Kier alpha value is -2.83. The van der Waals surface area contributed by atoms with Gasteiger partial charge in [0.2, 0.25) is 9.84 Å². The quantitative estimate of drug-likeness (QED) is 0.449. The third-order valence-corrected chi connectivity index (χ3v) is 6.94. The Morgan fingerprint density at radius 2 is 1.72 bits per heavy atom. The zero-order chi connectivity index (χ0) is 20.4. The molecule has 0 spiro atoms. The SMILES string of the molecule is Cc1cc(-n2ccc(S(=O)(=O)c3ccccc3Cl)c2)n(CCc2ccccc2)n1. The Labute approximate surface area is 175 Å². The topological polar surface area (TPSA) is 56.9 Å². The maximum absolute atomic E-state index is 13.0. The van der Waals surface area contributed by atoms with Gasteiger partial charge in [-0.05, 0) is 37.1 Å². The van der Waals surface area contributed by atoms with Crippen LogP contribution < -0.4 is 0 Å². The number of nitrogens with zero attached hydrogens (tertiary/aromatic N) is 3. The van der Waals surface area contributed by atoms with E-state index in [1.54, 1.807) is 41.2 Å². The molecule has 148 valence electrons. The molecular formula is C22H20ClN3O2S. The van der Waals surface area contributed by atoms with Gasteiger partial charge in [0, 0.05) is 25.0 Å². The van der Waals surface area contributed by atoms with Gasteiger partial charge in [0.15, 0.2) is 0 Å². The van der Waals surface area contributed by atoms with Gasteiger partial charge in [0.05, 0.1) is 20.5 Å². The standard InChI is InChI=1S/C22H20ClN3O2S/c1-17-15-22(26(24-17)14-11-18-7-3-2-4-8-18)25-13-12-19(16-25)29(27,28)21-10-6-5-9-20(21)23/h2-10,12-13,15-16H,11,14H2,1H3. The second-order valence-electron chi connectivity index (χ2n) is 6.79. The minimum Gasteiger partial charge on any atom is -0.307 e. The summed E-state index contributed by atoms with van der Waals surface area (Å²) in [5, 5.41) is 4.78. The van der Waals surface area contributed by atoms with Gasteiger partial charge in [0.1, 0.15) is 5.82 Å². The van der Waals surface area contributed by atoms with Crippen molar-refractivity contribution < 1.29 is 8.42 Å². The molecule has 0 fully saturated rings. The van der Waals surface area contributed by atoms with Crippen molar-refractivity contribution in [3.05, 3.63) is 95.4 Å². The van der Waals surface area contributed by atoms with Gasteiger partial charge in [-0.25, -0.2) is 13.1 Å². The molecule has 2 aromatic heterocycles. The lowest BCUT2D eigenvalue weighted by Crippen LogP contribution is -2.09. The maximum atomic E-state index is 13.0. The fourth-order valence-electron chi connectivity index (χ4n) is 3.25. The number of aryl methyl sites for hydroxylation is 3. The normalized spacial score (nSPS) is 11.7. The highest BCUT2D eigenvalue weighted by atomic mass is 35.5. The summed E-state index contributed by atoms with van der Waals surface area (Å²) in [6.07, 6.45) is 4.17. The molecule has 29 heavy (non-hydrogen) atoms. The summed E-state index contributed by atoms with van der Waals surface area (Å²) in [6.45, 7) is 2.62. The van der Waals surface area contributed by atoms with Crippen LogP contribution in [0.15, 0.2) is 88.9 Å². The summed E-state index contributed by atoms with van der Waals surface area (Å²) in [5.74, 6) is 0.819. The smallest absolute Gasteiger partial charge is 0.209 e. The van der Waals surface area contributed by atoms with E-state index in [0.29, 0.717) is 6.54 Å². The highest BCUT2D eigenvalue weighted by molar-refractivity contribution is 7.91. The Kier molecular flexibility index (Phi) is 5.30. The number of rotatable bonds is 6. The van der Waals surface area contributed by atoms with Gasteiger partial charge in [0.25, 0.3) is 0 Å². The van der Waals surface area contributed by atoms with Gasteiger partial charge in [-0.3, -0.25) is 0 Å². The third-order valence-electron chi connectivity index (χ3n) is 4.70. The molecule has 5 nitrogen and oxygen atoms in total. The average molecular weight is 426 g/mol. The molecule has 0 saturated carbocycles. The molecule has 0 amide bonds. The van der Waals surface area contributed by atoms with E-state index < -0.39 is 9.84 Å². The van der Waals surface area contributed by atoms with Gasteiger partial charge in [-0.15, -0.1) is 0 Å². The Bertz CT molecular complexity index is 1240. The van der Waals surface area contributed by atoms with E-state index >= 15 is 0 Å². The second kappa shape index (κ2) is 7.89. The monoisotopic (exact) mass is 425 g/mol. The molecule has 0 atom stereocenters.